The number of hydrogen-bond acceptors (Lipinski definition) is 6. The van der Waals surface area contributed by atoms with Gasteiger partial charge < -0.3 is 25.2 Å². The van der Waals surface area contributed by atoms with Gasteiger partial charge in [-0.3, -0.25) is 0 Å². The molecule has 1 aromatic carbocycles. The third-order valence-electron chi connectivity index (χ3n) is 3.51. The maximum atomic E-state index is 8.70. The lowest BCUT2D eigenvalue weighted by molar-refractivity contribution is 0.284. The molecule has 0 radical (unpaired) electrons. The highest BCUT2D eigenvalue weighted by molar-refractivity contribution is 6.29. The predicted octanol–water partition coefficient (Wildman–Crippen LogP) is 2.84. The van der Waals surface area contributed by atoms with Gasteiger partial charge in [-0.2, -0.15) is 0 Å². The van der Waals surface area contributed by atoms with Crippen LogP contribution in [0.1, 0.15) is 11.1 Å². The number of nitrogens with zero attached hydrogens (tertiary/aromatic N) is 1. The van der Waals surface area contributed by atoms with Gasteiger partial charge in [0.2, 0.25) is 0 Å². The first-order valence-electron chi connectivity index (χ1n) is 8.15. The second-order valence-electron chi connectivity index (χ2n) is 5.41. The summed E-state index contributed by atoms with van der Waals surface area (Å²) < 4.78 is 11.2. The Morgan fingerprint density at radius 2 is 1.74 bits per heavy atom. The molecule has 9 heteroatoms. The average molecular weight is 439 g/mol. The molecular formula is C18H26Cl3N3O3. The van der Waals surface area contributed by atoms with Crippen molar-refractivity contribution in [3.8, 4) is 11.5 Å². The minimum absolute atomic E-state index is 0. The van der Waals surface area contributed by atoms with Crippen LogP contribution in [0.2, 0.25) is 5.15 Å². The quantitative estimate of drug-likeness (QED) is 0.370. The highest BCUT2D eigenvalue weighted by Gasteiger charge is 2.06. The van der Waals surface area contributed by atoms with Crippen molar-refractivity contribution in [1.82, 2.24) is 15.6 Å². The zero-order valence-corrected chi connectivity index (χ0v) is 17.5. The fourth-order valence-electron chi connectivity index (χ4n) is 2.21. The summed E-state index contributed by atoms with van der Waals surface area (Å²) in [6.07, 6.45) is 1.69. The highest BCUT2D eigenvalue weighted by Crippen LogP contribution is 2.28. The van der Waals surface area contributed by atoms with Gasteiger partial charge >= 0.3 is 0 Å². The number of halogens is 3. The van der Waals surface area contributed by atoms with Crippen LogP contribution in [0.5, 0.6) is 11.5 Å². The largest absolute Gasteiger partial charge is 0.493 e. The molecule has 0 saturated heterocycles. The number of aliphatic hydroxyl groups is 1. The fourth-order valence-corrected chi connectivity index (χ4v) is 2.32. The summed E-state index contributed by atoms with van der Waals surface area (Å²) in [6.45, 7) is 3.54. The van der Waals surface area contributed by atoms with Gasteiger partial charge in [0.1, 0.15) is 11.8 Å². The van der Waals surface area contributed by atoms with E-state index in [-0.39, 0.29) is 31.4 Å². The van der Waals surface area contributed by atoms with Gasteiger partial charge in [-0.1, -0.05) is 23.7 Å². The van der Waals surface area contributed by atoms with Crippen LogP contribution in [0.3, 0.4) is 0 Å². The number of pyridine rings is 1. The van der Waals surface area contributed by atoms with Crippen molar-refractivity contribution in [2.24, 2.45) is 0 Å². The monoisotopic (exact) mass is 437 g/mol. The summed E-state index contributed by atoms with van der Waals surface area (Å²) in [4.78, 5) is 4.04. The first-order chi connectivity index (χ1) is 12.2. The molecule has 27 heavy (non-hydrogen) atoms. The van der Waals surface area contributed by atoms with Crippen LogP contribution in [0, 0.1) is 0 Å². The van der Waals surface area contributed by atoms with Crippen molar-refractivity contribution in [3.63, 3.8) is 0 Å². The Kier molecular flexibility index (Phi) is 14.0. The lowest BCUT2D eigenvalue weighted by Crippen LogP contribution is -2.28. The van der Waals surface area contributed by atoms with Crippen LogP contribution in [0.4, 0.5) is 0 Å². The van der Waals surface area contributed by atoms with E-state index in [1.165, 1.54) is 0 Å². The number of ether oxygens (including phenoxy) is 2. The molecule has 0 atom stereocenters. The molecule has 0 aliphatic rings. The minimum atomic E-state index is 0. The second-order valence-corrected chi connectivity index (χ2v) is 5.80. The number of aromatic nitrogens is 1. The van der Waals surface area contributed by atoms with E-state index in [1.807, 2.05) is 24.3 Å². The van der Waals surface area contributed by atoms with Gasteiger partial charge in [0, 0.05) is 37.9 Å². The number of methoxy groups -OCH3 is 1. The highest BCUT2D eigenvalue weighted by atomic mass is 35.5. The van der Waals surface area contributed by atoms with E-state index in [2.05, 4.69) is 15.6 Å². The summed E-state index contributed by atoms with van der Waals surface area (Å²) in [5, 5.41) is 15.6. The second kappa shape index (κ2) is 14.7. The molecule has 2 aromatic rings. The van der Waals surface area contributed by atoms with E-state index < -0.39 is 0 Å². The molecule has 6 nitrogen and oxygen atoms in total. The Hall–Kier alpha value is -1.28. The summed E-state index contributed by atoms with van der Waals surface area (Å²) in [7, 11) is 1.63. The lowest BCUT2D eigenvalue weighted by Gasteiger charge is -2.13. The molecule has 0 unspecified atom stereocenters. The Morgan fingerprint density at radius 1 is 1.00 bits per heavy atom. The normalized spacial score (nSPS) is 9.89. The Balaban J connectivity index is 0.00000338. The Bertz CT molecular complexity index is 645. The SMILES string of the molecule is COc1cc(CNCCNCCO)ccc1OCc1ccc(Cl)nc1.Cl.Cl. The number of benzene rings is 1. The van der Waals surface area contributed by atoms with Crippen molar-refractivity contribution in [2.75, 3.05) is 33.4 Å². The van der Waals surface area contributed by atoms with Crippen molar-refractivity contribution in [1.29, 1.82) is 0 Å². The molecule has 152 valence electrons. The van der Waals surface area contributed by atoms with Crippen LogP contribution in [-0.2, 0) is 13.2 Å². The first kappa shape index (κ1) is 25.7. The summed E-state index contributed by atoms with van der Waals surface area (Å²) >= 11 is 5.78. The molecule has 0 aliphatic heterocycles. The maximum Gasteiger partial charge on any atom is 0.161 e. The third kappa shape index (κ3) is 9.46. The summed E-state index contributed by atoms with van der Waals surface area (Å²) in [6, 6.07) is 9.49. The smallest absolute Gasteiger partial charge is 0.161 e. The fraction of sp³-hybridized carbons (Fsp3) is 0.389. The molecular weight excluding hydrogens is 413 g/mol. The van der Waals surface area contributed by atoms with Crippen molar-refractivity contribution in [2.45, 2.75) is 13.2 Å². The number of rotatable bonds is 11. The van der Waals surface area contributed by atoms with Crippen LogP contribution in [0.15, 0.2) is 36.5 Å². The number of hydrogen-bond donors (Lipinski definition) is 3. The van der Waals surface area contributed by atoms with E-state index in [9.17, 15) is 0 Å². The average Bonchev–Trinajstić information content (AvgIpc) is 2.64. The Morgan fingerprint density at radius 3 is 2.41 bits per heavy atom. The van der Waals surface area contributed by atoms with Gasteiger partial charge in [0.15, 0.2) is 11.5 Å². The van der Waals surface area contributed by atoms with Crippen LogP contribution in [-0.4, -0.2) is 43.4 Å². The van der Waals surface area contributed by atoms with E-state index in [1.54, 1.807) is 19.4 Å². The zero-order chi connectivity index (χ0) is 17.9. The van der Waals surface area contributed by atoms with Crippen LogP contribution < -0.4 is 20.1 Å². The van der Waals surface area contributed by atoms with Gasteiger partial charge in [-0.05, 0) is 23.8 Å². The van der Waals surface area contributed by atoms with Crippen LogP contribution >= 0.6 is 36.4 Å². The van der Waals surface area contributed by atoms with Gasteiger partial charge in [-0.25, -0.2) is 4.98 Å². The summed E-state index contributed by atoms with van der Waals surface area (Å²) in [5.74, 6) is 1.38. The molecule has 0 bridgehead atoms. The van der Waals surface area contributed by atoms with Crippen molar-refractivity contribution in [3.05, 3.63) is 52.8 Å². The van der Waals surface area contributed by atoms with E-state index >= 15 is 0 Å². The maximum absolute atomic E-state index is 8.70. The van der Waals surface area contributed by atoms with Crippen molar-refractivity contribution >= 4 is 36.4 Å². The standard InChI is InChI=1S/C18H24ClN3O3.2ClH/c1-24-17-10-14(11-21-7-6-20-8-9-23)2-4-16(17)25-13-15-3-5-18(19)22-12-15;;/h2-5,10,12,20-21,23H,6-9,11,13H2,1H3;2*1H. The predicted molar refractivity (Wildman–Crippen MR) is 113 cm³/mol. The number of aliphatic hydroxyl groups excluding tert-OH is 1. The topological polar surface area (TPSA) is 75.6 Å². The molecule has 0 amide bonds. The summed E-state index contributed by atoms with van der Waals surface area (Å²) in [5.41, 5.74) is 2.05. The molecule has 0 spiro atoms. The lowest BCUT2D eigenvalue weighted by atomic mass is 10.2. The van der Waals surface area contributed by atoms with Crippen molar-refractivity contribution < 1.29 is 14.6 Å². The molecule has 2 rings (SSSR count). The first-order valence-corrected chi connectivity index (χ1v) is 8.53. The Labute approximate surface area is 177 Å². The van der Waals surface area contributed by atoms with Crippen LogP contribution in [0.25, 0.3) is 0 Å². The molecule has 3 N–H and O–H groups in total. The van der Waals surface area contributed by atoms with Gasteiger partial charge in [-0.15, -0.1) is 24.8 Å². The van der Waals surface area contributed by atoms with Gasteiger partial charge in [0.25, 0.3) is 0 Å². The number of nitrogens with one attached hydrogen (secondary N) is 2. The molecule has 0 aliphatic carbocycles. The molecule has 1 heterocycles. The minimum Gasteiger partial charge on any atom is -0.493 e. The third-order valence-corrected chi connectivity index (χ3v) is 3.73. The molecule has 0 fully saturated rings. The molecule has 1 aromatic heterocycles. The van der Waals surface area contributed by atoms with E-state index in [0.29, 0.717) is 29.8 Å². The van der Waals surface area contributed by atoms with E-state index in [0.717, 1.165) is 30.8 Å². The van der Waals surface area contributed by atoms with E-state index in [4.69, 9.17) is 26.2 Å². The van der Waals surface area contributed by atoms with Gasteiger partial charge in [0.05, 0.1) is 13.7 Å². The molecule has 0 saturated carbocycles. The zero-order valence-electron chi connectivity index (χ0n) is 15.1.